The molecular formula is C33H45N4O8P4+. The average molecular weight is 750 g/mol. The van der Waals surface area contributed by atoms with Crippen LogP contribution in [0.1, 0.15) is 69.2 Å². The molecule has 1 aliphatic rings. The number of para-hydroxylation sites is 2. The first-order chi connectivity index (χ1) is 23.4. The highest BCUT2D eigenvalue weighted by Crippen LogP contribution is 2.67. The largest absolute Gasteiger partial charge is 0.602 e. The molecular weight excluding hydrogens is 704 g/mol. The van der Waals surface area contributed by atoms with E-state index in [1.807, 2.05) is 118 Å². The molecule has 2 unspecified atom stereocenters. The van der Waals surface area contributed by atoms with Crippen LogP contribution in [0.2, 0.25) is 0 Å². The molecule has 0 aromatic heterocycles. The highest BCUT2D eigenvalue weighted by atomic mass is 31.2. The number of rotatable bonds is 16. The number of hydrogen-bond donors (Lipinski definition) is 0. The molecule has 4 rings (SSSR count). The second-order valence-electron chi connectivity index (χ2n) is 12.0. The summed E-state index contributed by atoms with van der Waals surface area (Å²) in [6.45, 7) is 19.2. The Morgan fingerprint density at radius 3 is 1.35 bits per heavy atom. The number of benzene rings is 3. The van der Waals surface area contributed by atoms with E-state index in [4.69, 9.17) is 46.3 Å². The molecule has 0 aliphatic carbocycles. The Labute approximate surface area is 293 Å². The van der Waals surface area contributed by atoms with Gasteiger partial charge in [-0.15, -0.1) is 4.52 Å². The fourth-order valence-electron chi connectivity index (χ4n) is 4.13. The third kappa shape index (κ3) is 11.3. The molecule has 3 aromatic rings. The van der Waals surface area contributed by atoms with Crippen LogP contribution >= 0.6 is 32.8 Å². The highest BCUT2D eigenvalue weighted by molar-refractivity contribution is 7.67. The Bertz CT molecular complexity index is 1640. The first kappa shape index (κ1) is 38.4. The van der Waals surface area contributed by atoms with E-state index >= 15 is 0 Å². The van der Waals surface area contributed by atoms with Gasteiger partial charge in [-0.2, -0.15) is 4.52 Å². The molecule has 2 atom stereocenters. The van der Waals surface area contributed by atoms with Crippen LogP contribution in [0.4, 0.5) is 0 Å². The van der Waals surface area contributed by atoms with Crippen molar-refractivity contribution in [2.45, 2.75) is 99.8 Å². The molecule has 0 N–H and O–H groups in total. The first-order valence-electron chi connectivity index (χ1n) is 16.1. The molecule has 0 spiro atoms. The predicted molar refractivity (Wildman–Crippen MR) is 197 cm³/mol. The molecule has 0 radical (unpaired) electrons. The zero-order valence-electron chi connectivity index (χ0n) is 29.5. The topological polar surface area (TPSA) is 123 Å². The lowest BCUT2D eigenvalue weighted by molar-refractivity contribution is 0.147. The van der Waals surface area contributed by atoms with Gasteiger partial charge >= 0.3 is 15.8 Å². The van der Waals surface area contributed by atoms with Crippen LogP contribution in [0.3, 0.4) is 0 Å². The highest BCUT2D eigenvalue weighted by Gasteiger charge is 2.42. The van der Waals surface area contributed by atoms with Crippen molar-refractivity contribution in [1.29, 1.82) is 0 Å². The van der Waals surface area contributed by atoms with Crippen LogP contribution in [0.5, 0.6) is 46.0 Å². The average Bonchev–Trinajstić information content (AvgIpc) is 3.01. The fraction of sp³-hybridized carbons (Fsp3) is 0.455. The van der Waals surface area contributed by atoms with Crippen LogP contribution in [0.25, 0.3) is 0 Å². The quantitative estimate of drug-likeness (QED) is 0.133. The smallest absolute Gasteiger partial charge is 0.483 e. The second kappa shape index (κ2) is 18.0. The Morgan fingerprint density at radius 1 is 0.510 bits per heavy atom. The Balaban J connectivity index is 2.11. The summed E-state index contributed by atoms with van der Waals surface area (Å²) < 4.78 is 71.3. The molecule has 16 heteroatoms. The van der Waals surface area contributed by atoms with Crippen molar-refractivity contribution in [3.8, 4) is 46.0 Å². The standard InChI is InChI=1S/C33H45N4O8P4/c1-21(2)38-28-29(39-22(3)4)31(41-24(7)8)33(32(42-25(9)10)30(28)40-23(5)6)45-49(44-27-19-15-12-16-20-27)36-47-34-46-35-48(37-49)43-26-17-13-11-14-18-26/h11-25H,1-10H3/q+1. The van der Waals surface area contributed by atoms with Crippen molar-refractivity contribution >= 4 is 32.8 Å². The van der Waals surface area contributed by atoms with Crippen molar-refractivity contribution in [3.63, 3.8) is 0 Å². The normalized spacial score (nSPS) is 17.2. The summed E-state index contributed by atoms with van der Waals surface area (Å²) in [6.07, 6.45) is -1.43. The van der Waals surface area contributed by atoms with Crippen LogP contribution in [0.15, 0.2) is 78.7 Å². The SMILES string of the molecule is CC(C)Oc1c(OC(C)C)c(OC(C)C)c(OP2(Oc3ccccc3)=NP=NP=N[P+](Oc3ccccc3)=N2)c(OC(C)C)c1OC(C)C. The number of nitrogens with zero attached hydrogens (tertiary/aromatic N) is 4. The van der Waals surface area contributed by atoms with Gasteiger partial charge in [-0.3, -0.25) is 0 Å². The third-order valence-corrected chi connectivity index (χ3v) is 11.2. The maximum Gasteiger partial charge on any atom is 0.602 e. The fourth-order valence-corrected chi connectivity index (χ4v) is 9.61. The monoisotopic (exact) mass is 749 g/mol. The van der Waals surface area contributed by atoms with E-state index in [9.17, 15) is 0 Å². The zero-order valence-corrected chi connectivity index (χ0v) is 33.1. The van der Waals surface area contributed by atoms with Gasteiger partial charge in [-0.1, -0.05) is 36.4 Å². The summed E-state index contributed by atoms with van der Waals surface area (Å²) in [5.74, 6) is 2.55. The van der Waals surface area contributed by atoms with E-state index < -0.39 is 15.8 Å². The van der Waals surface area contributed by atoms with Crippen LogP contribution in [-0.2, 0) is 0 Å². The molecule has 1 heterocycles. The summed E-state index contributed by atoms with van der Waals surface area (Å²) in [5, 5.41) is 0. The molecule has 49 heavy (non-hydrogen) atoms. The molecule has 3 aromatic carbocycles. The minimum atomic E-state index is -3.75. The predicted octanol–water partition coefficient (Wildman–Crippen LogP) is 12.7. The summed E-state index contributed by atoms with van der Waals surface area (Å²) in [5.41, 5.74) is 0. The lowest BCUT2D eigenvalue weighted by Gasteiger charge is -2.30. The van der Waals surface area contributed by atoms with E-state index in [2.05, 4.69) is 9.03 Å². The molecule has 0 saturated heterocycles. The summed E-state index contributed by atoms with van der Waals surface area (Å²) in [4.78, 5) is 0. The van der Waals surface area contributed by atoms with Crippen molar-refractivity contribution < 1.29 is 37.3 Å². The van der Waals surface area contributed by atoms with E-state index in [0.717, 1.165) is 0 Å². The van der Waals surface area contributed by atoms with Gasteiger partial charge in [0, 0.05) is 4.52 Å². The maximum absolute atomic E-state index is 7.02. The van der Waals surface area contributed by atoms with Crippen LogP contribution < -0.4 is 37.3 Å². The lowest BCUT2D eigenvalue weighted by atomic mass is 10.2. The maximum atomic E-state index is 7.02. The Kier molecular flexibility index (Phi) is 14.1. The van der Waals surface area contributed by atoms with Gasteiger partial charge in [0.05, 0.1) is 35.0 Å². The summed E-state index contributed by atoms with van der Waals surface area (Å²) in [7, 11) is -4.94. The van der Waals surface area contributed by atoms with Gasteiger partial charge in [-0.25, -0.2) is 4.52 Å². The van der Waals surface area contributed by atoms with E-state index in [0.29, 0.717) is 34.3 Å². The van der Waals surface area contributed by atoms with Crippen molar-refractivity contribution in [2.75, 3.05) is 0 Å². The number of ether oxygens (including phenoxy) is 5. The van der Waals surface area contributed by atoms with E-state index in [1.165, 1.54) is 0 Å². The molecule has 0 saturated carbocycles. The van der Waals surface area contributed by atoms with Gasteiger partial charge in [0.15, 0.2) is 14.3 Å². The summed E-state index contributed by atoms with van der Waals surface area (Å²) >= 11 is 0. The molecule has 0 bridgehead atoms. The second-order valence-corrected chi connectivity index (χ2v) is 17.2. The molecule has 264 valence electrons. The zero-order chi connectivity index (χ0) is 35.6. The van der Waals surface area contributed by atoms with Crippen molar-refractivity contribution in [3.05, 3.63) is 60.7 Å². The van der Waals surface area contributed by atoms with Gasteiger partial charge < -0.3 is 32.7 Å². The molecule has 0 amide bonds. The lowest BCUT2D eigenvalue weighted by Crippen LogP contribution is -2.19. The van der Waals surface area contributed by atoms with Gasteiger partial charge in [0.2, 0.25) is 43.0 Å². The number of hydrogen-bond acceptors (Lipinski definition) is 12. The van der Waals surface area contributed by atoms with Crippen molar-refractivity contribution in [2.24, 2.45) is 18.1 Å². The first-order valence-corrected chi connectivity index (χ1v) is 20.3. The molecule has 1 aliphatic heterocycles. The van der Waals surface area contributed by atoms with E-state index in [1.54, 1.807) is 12.1 Å². The minimum Gasteiger partial charge on any atom is -0.483 e. The minimum absolute atomic E-state index is 0.129. The van der Waals surface area contributed by atoms with E-state index in [-0.39, 0.29) is 59.3 Å². The van der Waals surface area contributed by atoms with Gasteiger partial charge in [0.1, 0.15) is 5.75 Å². The van der Waals surface area contributed by atoms with Gasteiger partial charge in [-0.05, 0) is 93.5 Å². The van der Waals surface area contributed by atoms with Crippen molar-refractivity contribution in [1.82, 2.24) is 0 Å². The molecule has 12 nitrogen and oxygen atoms in total. The Hall–Kier alpha value is -3.41. The van der Waals surface area contributed by atoms with Crippen LogP contribution in [-0.4, -0.2) is 30.5 Å². The van der Waals surface area contributed by atoms with Crippen LogP contribution in [0, 0.1) is 0 Å². The Morgan fingerprint density at radius 2 is 0.918 bits per heavy atom. The molecule has 0 fully saturated rings. The third-order valence-electron chi connectivity index (χ3n) is 5.65. The van der Waals surface area contributed by atoms with Gasteiger partial charge in [0.25, 0.3) is 0 Å². The summed E-state index contributed by atoms with van der Waals surface area (Å²) in [6, 6.07) is 18.5.